The monoisotopic (exact) mass is 235 g/mol. The number of nitrogens with one attached hydrogen (secondary N) is 2. The van der Waals surface area contributed by atoms with Gasteiger partial charge in [0.25, 0.3) is 0 Å². The van der Waals surface area contributed by atoms with E-state index in [1.807, 2.05) is 30.3 Å². The van der Waals surface area contributed by atoms with Crippen LogP contribution in [0, 0.1) is 0 Å². The molecule has 16 heavy (non-hydrogen) atoms. The molecule has 0 aliphatic carbocycles. The van der Waals surface area contributed by atoms with E-state index in [9.17, 15) is 4.79 Å². The zero-order valence-electron chi connectivity index (χ0n) is 8.77. The van der Waals surface area contributed by atoms with Gasteiger partial charge < -0.3 is 10.6 Å². The second-order valence-corrected chi connectivity index (χ2v) is 3.91. The summed E-state index contributed by atoms with van der Waals surface area (Å²) in [5.41, 5.74) is 1.14. The van der Waals surface area contributed by atoms with Gasteiger partial charge in [-0.3, -0.25) is 4.90 Å². The molecule has 1 aromatic rings. The molecule has 0 unspecified atom stereocenters. The molecule has 0 spiro atoms. The number of amides is 2. The Morgan fingerprint density at radius 1 is 1.44 bits per heavy atom. The summed E-state index contributed by atoms with van der Waals surface area (Å²) in [6.45, 7) is 1.94. The summed E-state index contributed by atoms with van der Waals surface area (Å²) in [5.74, 6) is 0. The van der Waals surface area contributed by atoms with Gasteiger partial charge in [0.2, 0.25) is 0 Å². The van der Waals surface area contributed by atoms with Crippen LogP contribution in [0.25, 0.3) is 0 Å². The molecule has 1 aliphatic heterocycles. The summed E-state index contributed by atoms with van der Waals surface area (Å²) in [6, 6.07) is 9.82. The van der Waals surface area contributed by atoms with E-state index in [1.54, 1.807) is 0 Å². The van der Waals surface area contributed by atoms with E-state index >= 15 is 0 Å². The van der Waals surface area contributed by atoms with Crippen LogP contribution in [0.3, 0.4) is 0 Å². The summed E-state index contributed by atoms with van der Waals surface area (Å²) in [7, 11) is 0. The molecule has 2 rings (SSSR count). The zero-order valence-corrected chi connectivity index (χ0v) is 9.59. The molecular formula is C11H13N3OS. The third-order valence-electron chi connectivity index (χ3n) is 2.39. The first-order chi connectivity index (χ1) is 7.77. The lowest BCUT2D eigenvalue weighted by atomic mass is 10.2. The molecule has 84 valence electrons. The van der Waals surface area contributed by atoms with Crippen molar-refractivity contribution in [3.05, 3.63) is 35.9 Å². The lowest BCUT2D eigenvalue weighted by Crippen LogP contribution is -2.41. The van der Waals surface area contributed by atoms with Gasteiger partial charge in [-0.15, -0.1) is 0 Å². The summed E-state index contributed by atoms with van der Waals surface area (Å²) in [4.78, 5) is 12.9. The average Bonchev–Trinajstić information content (AvgIpc) is 2.74. The minimum Gasteiger partial charge on any atom is -0.358 e. The Morgan fingerprint density at radius 3 is 2.81 bits per heavy atom. The minimum atomic E-state index is -0.120. The standard InChI is InChI=1S/C11H13N3OS/c15-10-12-6-7-14(10)11(16)13-8-9-4-2-1-3-5-9/h1-5H,6-8H2,(H,12,15)(H,13,16). The molecule has 0 saturated carbocycles. The van der Waals surface area contributed by atoms with E-state index in [0.717, 1.165) is 5.56 Å². The van der Waals surface area contributed by atoms with Gasteiger partial charge in [0.1, 0.15) is 0 Å². The Balaban J connectivity index is 1.86. The number of carbonyl (C=O) groups is 1. The van der Waals surface area contributed by atoms with Crippen molar-refractivity contribution in [1.82, 2.24) is 15.5 Å². The van der Waals surface area contributed by atoms with Crippen molar-refractivity contribution >= 4 is 23.4 Å². The van der Waals surface area contributed by atoms with Crippen LogP contribution >= 0.6 is 12.2 Å². The molecule has 1 heterocycles. The molecule has 1 aliphatic rings. The smallest absolute Gasteiger partial charge is 0.323 e. The highest BCUT2D eigenvalue weighted by Crippen LogP contribution is 2.00. The van der Waals surface area contributed by atoms with Gasteiger partial charge in [-0.25, -0.2) is 4.79 Å². The second kappa shape index (κ2) is 4.94. The number of benzene rings is 1. The van der Waals surface area contributed by atoms with Gasteiger partial charge >= 0.3 is 6.03 Å². The minimum absolute atomic E-state index is 0.120. The third-order valence-corrected chi connectivity index (χ3v) is 2.75. The number of carbonyl (C=O) groups excluding carboxylic acids is 1. The lowest BCUT2D eigenvalue weighted by molar-refractivity contribution is 0.234. The molecular weight excluding hydrogens is 222 g/mol. The first-order valence-electron chi connectivity index (χ1n) is 5.14. The number of urea groups is 1. The van der Waals surface area contributed by atoms with Crippen molar-refractivity contribution in [2.45, 2.75) is 6.54 Å². The van der Waals surface area contributed by atoms with Crippen LogP contribution in [0.4, 0.5) is 4.79 Å². The first-order valence-corrected chi connectivity index (χ1v) is 5.55. The summed E-state index contributed by atoms with van der Waals surface area (Å²) < 4.78 is 0. The Morgan fingerprint density at radius 2 is 2.19 bits per heavy atom. The van der Waals surface area contributed by atoms with Gasteiger partial charge in [-0.2, -0.15) is 0 Å². The van der Waals surface area contributed by atoms with Crippen molar-refractivity contribution in [3.8, 4) is 0 Å². The molecule has 2 amide bonds. The fourth-order valence-electron chi connectivity index (χ4n) is 1.53. The van der Waals surface area contributed by atoms with Crippen LogP contribution < -0.4 is 10.6 Å². The number of rotatable bonds is 2. The Hall–Kier alpha value is -1.62. The average molecular weight is 235 g/mol. The van der Waals surface area contributed by atoms with E-state index in [-0.39, 0.29) is 6.03 Å². The van der Waals surface area contributed by atoms with Gasteiger partial charge in [0.15, 0.2) is 5.11 Å². The zero-order chi connectivity index (χ0) is 11.4. The fourth-order valence-corrected chi connectivity index (χ4v) is 1.78. The van der Waals surface area contributed by atoms with Crippen LogP contribution in [0.2, 0.25) is 0 Å². The highest BCUT2D eigenvalue weighted by atomic mass is 32.1. The van der Waals surface area contributed by atoms with Crippen LogP contribution in [0.5, 0.6) is 0 Å². The van der Waals surface area contributed by atoms with Gasteiger partial charge in [-0.05, 0) is 17.8 Å². The molecule has 0 aromatic heterocycles. The maximum atomic E-state index is 11.3. The maximum Gasteiger partial charge on any atom is 0.323 e. The molecule has 1 fully saturated rings. The molecule has 1 aromatic carbocycles. The van der Waals surface area contributed by atoms with Crippen LogP contribution in [-0.2, 0) is 6.54 Å². The second-order valence-electron chi connectivity index (χ2n) is 3.53. The van der Waals surface area contributed by atoms with Crippen LogP contribution in [0.1, 0.15) is 5.56 Å². The Bertz CT molecular complexity index is 393. The van der Waals surface area contributed by atoms with E-state index in [4.69, 9.17) is 12.2 Å². The predicted octanol–water partition coefficient (Wildman–Crippen LogP) is 1.09. The lowest BCUT2D eigenvalue weighted by Gasteiger charge is -2.16. The van der Waals surface area contributed by atoms with E-state index in [1.165, 1.54) is 4.90 Å². The van der Waals surface area contributed by atoms with Gasteiger partial charge in [0.05, 0.1) is 0 Å². The van der Waals surface area contributed by atoms with E-state index < -0.39 is 0 Å². The fraction of sp³-hybridized carbons (Fsp3) is 0.273. The van der Waals surface area contributed by atoms with Crippen molar-refractivity contribution in [2.24, 2.45) is 0 Å². The van der Waals surface area contributed by atoms with Gasteiger partial charge in [0, 0.05) is 19.6 Å². The van der Waals surface area contributed by atoms with Crippen molar-refractivity contribution in [2.75, 3.05) is 13.1 Å². The topological polar surface area (TPSA) is 44.4 Å². The highest BCUT2D eigenvalue weighted by molar-refractivity contribution is 7.80. The molecule has 4 nitrogen and oxygen atoms in total. The first kappa shape index (κ1) is 10.9. The normalized spacial score (nSPS) is 14.8. The van der Waals surface area contributed by atoms with E-state index in [2.05, 4.69) is 10.6 Å². The SMILES string of the molecule is O=C1NCCN1C(=S)NCc1ccccc1. The molecule has 2 N–H and O–H groups in total. The molecule has 0 atom stereocenters. The summed E-state index contributed by atoms with van der Waals surface area (Å²) in [6.07, 6.45) is 0. The largest absolute Gasteiger partial charge is 0.358 e. The summed E-state index contributed by atoms with van der Waals surface area (Å²) >= 11 is 5.14. The quantitative estimate of drug-likeness (QED) is 0.754. The number of nitrogens with zero attached hydrogens (tertiary/aromatic N) is 1. The van der Waals surface area contributed by atoms with Crippen molar-refractivity contribution < 1.29 is 4.79 Å². The molecule has 0 radical (unpaired) electrons. The molecule has 0 bridgehead atoms. The predicted molar refractivity (Wildman–Crippen MR) is 66.0 cm³/mol. The number of thiocarbonyl (C=S) groups is 1. The summed E-state index contributed by atoms with van der Waals surface area (Å²) in [5, 5.41) is 6.26. The van der Waals surface area contributed by atoms with E-state index in [0.29, 0.717) is 24.7 Å². The van der Waals surface area contributed by atoms with Crippen LogP contribution in [0.15, 0.2) is 30.3 Å². The number of hydrogen-bond donors (Lipinski definition) is 2. The molecule has 5 heteroatoms. The Kier molecular flexibility index (Phi) is 3.36. The molecule has 1 saturated heterocycles. The number of hydrogen-bond acceptors (Lipinski definition) is 2. The van der Waals surface area contributed by atoms with Crippen molar-refractivity contribution in [1.29, 1.82) is 0 Å². The maximum absolute atomic E-state index is 11.3. The van der Waals surface area contributed by atoms with Gasteiger partial charge in [-0.1, -0.05) is 30.3 Å². The third kappa shape index (κ3) is 2.49. The highest BCUT2D eigenvalue weighted by Gasteiger charge is 2.22. The van der Waals surface area contributed by atoms with Crippen LogP contribution in [-0.4, -0.2) is 29.1 Å². The van der Waals surface area contributed by atoms with Crippen molar-refractivity contribution in [3.63, 3.8) is 0 Å². The Labute approximate surface area is 99.6 Å².